The van der Waals surface area contributed by atoms with E-state index in [0.717, 1.165) is 6.54 Å². The van der Waals surface area contributed by atoms with E-state index in [1.165, 1.54) is 0 Å². The first-order valence-electron chi connectivity index (χ1n) is 2.01. The fraction of sp³-hybridized carbons (Fsp3) is 1.00. The van der Waals surface area contributed by atoms with E-state index in [0.29, 0.717) is 6.61 Å². The van der Waals surface area contributed by atoms with E-state index in [9.17, 15) is 4.57 Å². The van der Waals surface area contributed by atoms with Crippen LogP contribution >= 0.6 is 8.69 Å². The Balaban J connectivity index is 2.56. The number of nitrogens with one attached hydrogen (secondary N) is 1. The van der Waals surface area contributed by atoms with Gasteiger partial charge in [0.25, 0.3) is 0 Å². The van der Waals surface area contributed by atoms with Crippen molar-refractivity contribution in [2.45, 2.75) is 0 Å². The van der Waals surface area contributed by atoms with Crippen LogP contribution in [0.2, 0.25) is 0 Å². The van der Waals surface area contributed by atoms with Crippen molar-refractivity contribution < 1.29 is 9.09 Å². The number of likely N-dealkylation sites (N-methyl/N-ethyl adjacent to an activating group) is 1. The minimum Gasteiger partial charge on any atom is -0.317 e. The number of hydrogen-bond acceptors (Lipinski definition) is 3. The van der Waals surface area contributed by atoms with Gasteiger partial charge in [0, 0.05) is 6.54 Å². The molecule has 0 fully saturated rings. The molecule has 0 heterocycles. The standard InChI is InChI=1S/C3H8NO2P/c1-4-2-3-6-7-5/h4H,2-3H2,1H3. The smallest absolute Gasteiger partial charge is 0.317 e. The summed E-state index contributed by atoms with van der Waals surface area (Å²) in [4.78, 5) is 0. The van der Waals surface area contributed by atoms with E-state index in [1.54, 1.807) is 0 Å². The van der Waals surface area contributed by atoms with E-state index >= 15 is 0 Å². The Bertz CT molecular complexity index is 50.2. The van der Waals surface area contributed by atoms with Gasteiger partial charge >= 0.3 is 8.69 Å². The predicted molar refractivity (Wildman–Crippen MR) is 27.5 cm³/mol. The zero-order valence-electron chi connectivity index (χ0n) is 4.18. The van der Waals surface area contributed by atoms with Gasteiger partial charge in [-0.2, -0.15) is 0 Å². The van der Waals surface area contributed by atoms with Crippen LogP contribution in [0.25, 0.3) is 0 Å². The van der Waals surface area contributed by atoms with E-state index in [-0.39, 0.29) is 8.69 Å². The molecule has 0 aromatic rings. The molecule has 0 saturated heterocycles. The lowest BCUT2D eigenvalue weighted by atomic mass is 10.7. The molecule has 3 nitrogen and oxygen atoms in total. The second-order valence-electron chi connectivity index (χ2n) is 1.01. The molecule has 0 amide bonds. The SMILES string of the molecule is CNCCOP=O. The van der Waals surface area contributed by atoms with Gasteiger partial charge in [0.2, 0.25) is 0 Å². The van der Waals surface area contributed by atoms with Crippen molar-refractivity contribution in [3.63, 3.8) is 0 Å². The van der Waals surface area contributed by atoms with E-state index in [1.807, 2.05) is 7.05 Å². The monoisotopic (exact) mass is 121 g/mol. The van der Waals surface area contributed by atoms with Gasteiger partial charge in [-0.1, -0.05) is 0 Å². The highest BCUT2D eigenvalue weighted by atomic mass is 31.1. The minimum atomic E-state index is -0.235. The summed E-state index contributed by atoms with van der Waals surface area (Å²) in [5.74, 6) is 0. The minimum absolute atomic E-state index is 0.235. The van der Waals surface area contributed by atoms with Crippen LogP contribution in [0.5, 0.6) is 0 Å². The molecular formula is C3H8NO2P. The fourth-order valence-corrected chi connectivity index (χ4v) is 0.351. The van der Waals surface area contributed by atoms with Crippen molar-refractivity contribution in [1.82, 2.24) is 5.32 Å². The molecule has 1 N–H and O–H groups in total. The molecule has 0 aliphatic heterocycles. The van der Waals surface area contributed by atoms with Crippen molar-refractivity contribution in [1.29, 1.82) is 0 Å². The topological polar surface area (TPSA) is 38.3 Å². The molecule has 0 aromatic heterocycles. The van der Waals surface area contributed by atoms with Crippen molar-refractivity contribution in [3.05, 3.63) is 0 Å². The Morgan fingerprint density at radius 2 is 2.57 bits per heavy atom. The summed E-state index contributed by atoms with van der Waals surface area (Å²) in [7, 11) is 1.58. The molecule has 0 atom stereocenters. The Kier molecular flexibility index (Phi) is 6.04. The third kappa shape index (κ3) is 6.02. The van der Waals surface area contributed by atoms with E-state index in [2.05, 4.69) is 9.84 Å². The largest absolute Gasteiger partial charge is 0.327 e. The summed E-state index contributed by atoms with van der Waals surface area (Å²) in [5.41, 5.74) is 0. The molecule has 0 unspecified atom stereocenters. The van der Waals surface area contributed by atoms with Crippen LogP contribution in [0.3, 0.4) is 0 Å². The molecule has 0 bridgehead atoms. The summed E-state index contributed by atoms with van der Waals surface area (Å²) >= 11 is 0. The van der Waals surface area contributed by atoms with E-state index in [4.69, 9.17) is 0 Å². The quantitative estimate of drug-likeness (QED) is 0.433. The third-order valence-electron chi connectivity index (χ3n) is 0.496. The Morgan fingerprint density at radius 3 is 3.00 bits per heavy atom. The summed E-state index contributed by atoms with van der Waals surface area (Å²) in [6.07, 6.45) is 0. The van der Waals surface area contributed by atoms with Crippen molar-refractivity contribution in [2.75, 3.05) is 20.2 Å². The zero-order valence-corrected chi connectivity index (χ0v) is 5.07. The summed E-state index contributed by atoms with van der Waals surface area (Å²) in [6, 6.07) is 0. The lowest BCUT2D eigenvalue weighted by Crippen LogP contribution is -2.11. The van der Waals surface area contributed by atoms with Crippen LogP contribution in [-0.2, 0) is 9.09 Å². The average Bonchev–Trinajstić information content (AvgIpc) is 1.69. The number of hydrogen-bond donors (Lipinski definition) is 1. The van der Waals surface area contributed by atoms with Crippen LogP contribution in [0.15, 0.2) is 0 Å². The van der Waals surface area contributed by atoms with Crippen molar-refractivity contribution in [2.24, 2.45) is 0 Å². The average molecular weight is 121 g/mol. The van der Waals surface area contributed by atoms with Gasteiger partial charge in [0.05, 0.1) is 6.61 Å². The molecule has 4 heteroatoms. The van der Waals surface area contributed by atoms with Crippen LogP contribution in [0.4, 0.5) is 0 Å². The van der Waals surface area contributed by atoms with Gasteiger partial charge in [-0.3, -0.25) is 4.52 Å². The molecule has 0 aliphatic carbocycles. The maximum Gasteiger partial charge on any atom is 0.327 e. The molecule has 0 spiro atoms. The summed E-state index contributed by atoms with van der Waals surface area (Å²) in [5, 5.41) is 2.83. The van der Waals surface area contributed by atoms with Crippen molar-refractivity contribution >= 4 is 8.69 Å². The van der Waals surface area contributed by atoms with Crippen LogP contribution in [-0.4, -0.2) is 20.2 Å². The van der Waals surface area contributed by atoms with Gasteiger partial charge in [-0.25, -0.2) is 4.57 Å². The molecule has 42 valence electrons. The molecule has 7 heavy (non-hydrogen) atoms. The number of rotatable bonds is 4. The molecule has 0 aliphatic rings. The maximum absolute atomic E-state index is 9.53. The molecule has 0 saturated carbocycles. The fourth-order valence-electron chi connectivity index (χ4n) is 0.185. The zero-order chi connectivity index (χ0) is 5.54. The lowest BCUT2D eigenvalue weighted by molar-refractivity contribution is 0.343. The highest BCUT2D eigenvalue weighted by Crippen LogP contribution is 1.89. The highest BCUT2D eigenvalue weighted by Gasteiger charge is 1.78. The predicted octanol–water partition coefficient (Wildman–Crippen LogP) is 0.429. The second-order valence-corrected chi connectivity index (χ2v) is 1.42. The van der Waals surface area contributed by atoms with E-state index < -0.39 is 0 Å². The second kappa shape index (κ2) is 6.02. The molecule has 0 rings (SSSR count). The molecule has 0 aromatic carbocycles. The Labute approximate surface area is 44.3 Å². The summed E-state index contributed by atoms with van der Waals surface area (Å²) < 4.78 is 14.0. The van der Waals surface area contributed by atoms with Gasteiger partial charge in [-0.15, -0.1) is 0 Å². The van der Waals surface area contributed by atoms with Crippen molar-refractivity contribution in [3.8, 4) is 0 Å². The third-order valence-corrected chi connectivity index (χ3v) is 0.784. The Morgan fingerprint density at radius 1 is 1.86 bits per heavy atom. The van der Waals surface area contributed by atoms with Crippen LogP contribution in [0.1, 0.15) is 0 Å². The van der Waals surface area contributed by atoms with Gasteiger partial charge < -0.3 is 5.32 Å². The maximum atomic E-state index is 9.53. The lowest BCUT2D eigenvalue weighted by Gasteiger charge is -1.89. The van der Waals surface area contributed by atoms with Gasteiger partial charge in [0.15, 0.2) is 0 Å². The summed E-state index contributed by atoms with van der Waals surface area (Å²) in [6.45, 7) is 1.25. The van der Waals surface area contributed by atoms with Crippen LogP contribution < -0.4 is 5.32 Å². The first-order chi connectivity index (χ1) is 3.41. The molecular weight excluding hydrogens is 113 g/mol. The first-order valence-corrected chi connectivity index (χ1v) is 2.74. The highest BCUT2D eigenvalue weighted by molar-refractivity contribution is 7.17. The van der Waals surface area contributed by atoms with Gasteiger partial charge in [0.1, 0.15) is 0 Å². The normalized spacial score (nSPS) is 9.86. The van der Waals surface area contributed by atoms with Crippen LogP contribution in [0, 0.1) is 0 Å². The van der Waals surface area contributed by atoms with Gasteiger partial charge in [-0.05, 0) is 7.05 Å². The Hall–Kier alpha value is 0.0200. The molecule has 0 radical (unpaired) electrons. The first kappa shape index (κ1) is 7.02.